The largest absolute Gasteiger partial charge is 0.364 e. The number of halogens is 1. The molecule has 0 aliphatic carbocycles. The molecule has 0 spiro atoms. The molecule has 33 heavy (non-hydrogen) atoms. The van der Waals surface area contributed by atoms with E-state index in [9.17, 15) is 10.1 Å². The van der Waals surface area contributed by atoms with E-state index in [0.717, 1.165) is 39.3 Å². The van der Waals surface area contributed by atoms with Crippen LogP contribution < -0.4 is 18.6 Å². The van der Waals surface area contributed by atoms with Gasteiger partial charge in [0.15, 0.2) is 0 Å². The first-order valence-corrected chi connectivity index (χ1v) is 10.8. The van der Waals surface area contributed by atoms with Crippen LogP contribution in [0.3, 0.4) is 0 Å². The second kappa shape index (κ2) is 10.3. The van der Waals surface area contributed by atoms with E-state index in [-0.39, 0.29) is 10.6 Å². The summed E-state index contributed by atoms with van der Waals surface area (Å²) in [6, 6.07) is 28.5. The molecule has 9 heteroatoms. The maximum atomic E-state index is 11.0. The Bertz CT molecular complexity index is 1220. The molecule has 1 heterocycles. The van der Waals surface area contributed by atoms with Crippen molar-refractivity contribution in [1.29, 1.82) is 0 Å². The molecule has 168 valence electrons. The van der Waals surface area contributed by atoms with Crippen LogP contribution in [0.4, 0.5) is 5.69 Å². The molecule has 1 aromatic heterocycles. The van der Waals surface area contributed by atoms with Gasteiger partial charge in [0.1, 0.15) is 0 Å². The van der Waals surface area contributed by atoms with Crippen LogP contribution in [0.1, 0.15) is 5.56 Å². The summed E-state index contributed by atoms with van der Waals surface area (Å²) in [6.07, 6.45) is 0. The van der Waals surface area contributed by atoms with E-state index in [1.165, 1.54) is 12.1 Å². The van der Waals surface area contributed by atoms with Crippen LogP contribution in [0.5, 0.6) is 0 Å². The quantitative estimate of drug-likeness (QED) is 0.253. The second-order valence-corrected chi connectivity index (χ2v) is 7.65. The highest BCUT2D eigenvalue weighted by molar-refractivity contribution is 5.79. The van der Waals surface area contributed by atoms with Crippen molar-refractivity contribution in [3.63, 3.8) is 0 Å². The van der Waals surface area contributed by atoms with E-state index in [0.29, 0.717) is 0 Å². The number of hydrogen-bond donors (Lipinski definition) is 0. The molecule has 0 aliphatic rings. The third kappa shape index (κ3) is 6.66. The summed E-state index contributed by atoms with van der Waals surface area (Å²) in [5.41, 5.74) is 4.92. The summed E-state index contributed by atoms with van der Waals surface area (Å²) in [4.78, 5) is 10.6. The highest BCUT2D eigenvalue weighted by Gasteiger charge is 2.25. The summed E-state index contributed by atoms with van der Waals surface area (Å²) in [7, 11) is -4.94. The van der Waals surface area contributed by atoms with Gasteiger partial charge in [0.05, 0.1) is 27.7 Å². The molecule has 0 unspecified atom stereocenters. The fourth-order valence-electron chi connectivity index (χ4n) is 3.25. The molecular weight excluding hydrogens is 450 g/mol. The van der Waals surface area contributed by atoms with Crippen LogP contribution >= 0.6 is 0 Å². The van der Waals surface area contributed by atoms with Gasteiger partial charge >= 0.3 is 11.5 Å². The lowest BCUT2D eigenvalue weighted by atomic mass is 9.96. The van der Waals surface area contributed by atoms with Crippen LogP contribution in [0.25, 0.3) is 33.8 Å². The van der Waals surface area contributed by atoms with Crippen molar-refractivity contribution in [3.8, 4) is 33.8 Å². The predicted molar refractivity (Wildman–Crippen MR) is 111 cm³/mol. The zero-order valence-electron chi connectivity index (χ0n) is 17.3. The Morgan fingerprint density at radius 1 is 0.727 bits per heavy atom. The number of nitro benzene ring substituents is 1. The summed E-state index contributed by atoms with van der Waals surface area (Å²) >= 11 is 0. The molecule has 4 aromatic rings. The maximum Gasteiger partial charge on any atom is 0.364 e. The smallest absolute Gasteiger partial charge is 0.258 e. The Morgan fingerprint density at radius 3 is 1.70 bits per heavy atom. The van der Waals surface area contributed by atoms with Gasteiger partial charge in [-0.15, -0.1) is 10.2 Å². The molecule has 0 atom stereocenters. The van der Waals surface area contributed by atoms with Gasteiger partial charge in [0.25, 0.3) is 5.69 Å². The Labute approximate surface area is 191 Å². The van der Waals surface area contributed by atoms with E-state index in [4.69, 9.17) is 23.1 Å². The van der Waals surface area contributed by atoms with Gasteiger partial charge in [0, 0.05) is 17.7 Å². The molecule has 0 fully saturated rings. The first kappa shape index (κ1) is 24.0. The molecule has 3 aromatic carbocycles. The molecule has 4 rings (SSSR count). The Morgan fingerprint density at radius 2 is 1.21 bits per heavy atom. The fourth-order valence-corrected chi connectivity index (χ4v) is 3.25. The Kier molecular flexibility index (Phi) is 7.49. The highest BCUT2D eigenvalue weighted by atomic mass is 35.7. The van der Waals surface area contributed by atoms with Gasteiger partial charge in [-0.2, -0.15) is 0 Å². The van der Waals surface area contributed by atoms with Crippen molar-refractivity contribution in [1.82, 2.24) is 0 Å². The first-order valence-electron chi connectivity index (χ1n) is 9.58. The maximum absolute atomic E-state index is 11.0. The fraction of sp³-hybridized carbons (Fsp3) is 0.0417. The van der Waals surface area contributed by atoms with Crippen molar-refractivity contribution < 1.29 is 38.2 Å². The standard InChI is InChI=1S/C24H18NO3.ClHO4/c1-17-22(18-12-14-21(15-13-18)25(26)27)16-23(19-8-4-2-5-9-19)28-24(17)20-10-6-3-7-11-20;2-1(3,4)5/h2-16H,1H3;(H,2,3,4,5)/q+1;/p-1. The van der Waals surface area contributed by atoms with Gasteiger partial charge in [0.2, 0.25) is 0 Å². The molecular formula is C24H18ClNO7. The molecule has 0 aliphatic heterocycles. The van der Waals surface area contributed by atoms with E-state index in [1.54, 1.807) is 12.1 Å². The van der Waals surface area contributed by atoms with Crippen molar-refractivity contribution >= 4 is 5.69 Å². The number of non-ortho nitro benzene ring substituents is 1. The predicted octanol–water partition coefficient (Wildman–Crippen LogP) is 2.02. The van der Waals surface area contributed by atoms with Gasteiger partial charge in [-0.1, -0.05) is 36.4 Å². The SMILES string of the molecule is Cc1c(-c2ccc([N+](=O)[O-])cc2)cc(-c2ccccc2)[o+]c1-c1ccccc1.[O-][Cl+3]([O-])([O-])[O-]. The molecule has 0 bridgehead atoms. The Balaban J connectivity index is 0.000000555. The second-order valence-electron chi connectivity index (χ2n) is 6.89. The lowest BCUT2D eigenvalue weighted by Crippen LogP contribution is -2.68. The Hall–Kier alpha value is -3.66. The topological polar surface area (TPSA) is 147 Å². The average Bonchev–Trinajstić information content (AvgIpc) is 2.79. The third-order valence-corrected chi connectivity index (χ3v) is 4.72. The number of nitrogens with zero attached hydrogens (tertiary/aromatic N) is 1. The molecule has 0 saturated carbocycles. The van der Waals surface area contributed by atoms with Crippen LogP contribution in [0.2, 0.25) is 0 Å². The summed E-state index contributed by atoms with van der Waals surface area (Å²) < 4.78 is 40.3. The van der Waals surface area contributed by atoms with Crippen molar-refractivity contribution in [2.75, 3.05) is 0 Å². The van der Waals surface area contributed by atoms with E-state index in [1.807, 2.05) is 73.7 Å². The minimum Gasteiger partial charge on any atom is -0.258 e. The van der Waals surface area contributed by atoms with Crippen LogP contribution in [-0.2, 0) is 0 Å². The highest BCUT2D eigenvalue weighted by Crippen LogP contribution is 2.37. The molecule has 0 amide bonds. The normalized spacial score (nSPS) is 10.8. The zero-order chi connectivity index (χ0) is 24.0. The third-order valence-electron chi connectivity index (χ3n) is 4.72. The zero-order valence-corrected chi connectivity index (χ0v) is 18.1. The molecule has 8 nitrogen and oxygen atoms in total. The summed E-state index contributed by atoms with van der Waals surface area (Å²) in [6.45, 7) is 2.01. The summed E-state index contributed by atoms with van der Waals surface area (Å²) in [5.74, 6) is 1.54. The van der Waals surface area contributed by atoms with E-state index >= 15 is 0 Å². The number of hydrogen-bond acceptors (Lipinski definition) is 6. The minimum absolute atomic E-state index is 0.0774. The van der Waals surface area contributed by atoms with Crippen LogP contribution in [-0.4, -0.2) is 4.92 Å². The monoisotopic (exact) mass is 467 g/mol. The number of nitro groups is 1. The first-order chi connectivity index (χ1) is 15.6. The lowest BCUT2D eigenvalue weighted by molar-refractivity contribution is -2.00. The van der Waals surface area contributed by atoms with Gasteiger partial charge in [-0.25, -0.2) is 23.1 Å². The van der Waals surface area contributed by atoms with Crippen molar-refractivity contribution in [2.24, 2.45) is 0 Å². The van der Waals surface area contributed by atoms with Crippen molar-refractivity contribution in [2.45, 2.75) is 6.92 Å². The minimum atomic E-state index is -4.94. The lowest BCUT2D eigenvalue weighted by Gasteiger charge is -2.17. The summed E-state index contributed by atoms with van der Waals surface area (Å²) in [5, 5.41) is 11.0. The van der Waals surface area contributed by atoms with Gasteiger partial charge < -0.3 is 0 Å². The average molecular weight is 468 g/mol. The van der Waals surface area contributed by atoms with E-state index < -0.39 is 10.2 Å². The molecule has 0 N–H and O–H groups in total. The molecule has 0 saturated heterocycles. The number of benzene rings is 3. The van der Waals surface area contributed by atoms with Crippen LogP contribution in [0.15, 0.2) is 95.4 Å². The number of rotatable bonds is 4. The van der Waals surface area contributed by atoms with Gasteiger partial charge in [-0.05, 0) is 48.9 Å². The van der Waals surface area contributed by atoms with Gasteiger partial charge in [-0.3, -0.25) is 10.1 Å². The van der Waals surface area contributed by atoms with E-state index in [2.05, 4.69) is 0 Å². The van der Waals surface area contributed by atoms with Crippen LogP contribution in [0, 0.1) is 27.3 Å². The van der Waals surface area contributed by atoms with Crippen molar-refractivity contribution in [3.05, 3.63) is 107 Å². The molecule has 0 radical (unpaired) electrons.